The van der Waals surface area contributed by atoms with Crippen LogP contribution in [0.3, 0.4) is 0 Å². The first kappa shape index (κ1) is 23.7. The summed E-state index contributed by atoms with van der Waals surface area (Å²) in [5.74, 6) is 0.183. The highest BCUT2D eigenvalue weighted by atomic mass is 35.5. The fourth-order valence-electron chi connectivity index (χ4n) is 3.42. The Bertz CT molecular complexity index is 1300. The predicted octanol–water partition coefficient (Wildman–Crippen LogP) is 4.91. The molecule has 0 atom stereocenters. The molecule has 0 radical (unpaired) electrons. The fraction of sp³-hybridized carbons (Fsp3) is 0.227. The Morgan fingerprint density at radius 2 is 1.91 bits per heavy atom. The Morgan fingerprint density at radius 3 is 2.62 bits per heavy atom. The average molecular weight is 495 g/mol. The molecule has 0 aliphatic heterocycles. The standard InChI is InChI=1S/C22H19ClF4N6O/c1-14-8-15(22(25,26)27)9-19(30-14)33(20-11-31(6-7-34)13-29-20)12-21-28-4-5-32(21)16-2-3-18(24)17(23)10-16/h2-5,8-11,13,34H,6-7,12H2,1H3. The number of hydrogen-bond acceptors (Lipinski definition) is 5. The van der Waals surface area contributed by atoms with Crippen molar-refractivity contribution in [2.24, 2.45) is 0 Å². The summed E-state index contributed by atoms with van der Waals surface area (Å²) in [5, 5.41) is 9.13. The van der Waals surface area contributed by atoms with Crippen molar-refractivity contribution in [2.45, 2.75) is 26.2 Å². The molecule has 0 spiro atoms. The lowest BCUT2D eigenvalue weighted by Gasteiger charge is -2.23. The molecule has 3 aromatic heterocycles. The molecule has 178 valence electrons. The largest absolute Gasteiger partial charge is 0.416 e. The number of alkyl halides is 3. The Labute approximate surface area is 196 Å². The molecule has 7 nitrogen and oxygen atoms in total. The molecule has 0 unspecified atom stereocenters. The van der Waals surface area contributed by atoms with Crippen LogP contribution in [0.5, 0.6) is 0 Å². The van der Waals surface area contributed by atoms with Crippen molar-refractivity contribution in [2.75, 3.05) is 11.5 Å². The van der Waals surface area contributed by atoms with Gasteiger partial charge in [0.2, 0.25) is 0 Å². The topological polar surface area (TPSA) is 72.0 Å². The summed E-state index contributed by atoms with van der Waals surface area (Å²) in [6, 6.07) is 6.07. The smallest absolute Gasteiger partial charge is 0.395 e. The van der Waals surface area contributed by atoms with Gasteiger partial charge in [-0.1, -0.05) is 11.6 Å². The van der Waals surface area contributed by atoms with Crippen molar-refractivity contribution in [3.05, 3.63) is 83.2 Å². The van der Waals surface area contributed by atoms with Crippen molar-refractivity contribution in [1.29, 1.82) is 0 Å². The van der Waals surface area contributed by atoms with E-state index in [4.69, 9.17) is 11.6 Å². The average Bonchev–Trinajstić information content (AvgIpc) is 3.43. The maximum absolute atomic E-state index is 13.6. The van der Waals surface area contributed by atoms with E-state index in [2.05, 4.69) is 15.0 Å². The lowest BCUT2D eigenvalue weighted by molar-refractivity contribution is -0.137. The van der Waals surface area contributed by atoms with Gasteiger partial charge in [-0.25, -0.2) is 19.3 Å². The van der Waals surface area contributed by atoms with E-state index in [1.165, 1.54) is 42.5 Å². The Kier molecular flexibility index (Phi) is 6.58. The van der Waals surface area contributed by atoms with Gasteiger partial charge in [-0.15, -0.1) is 0 Å². The molecule has 3 heterocycles. The third-order valence-electron chi connectivity index (χ3n) is 5.00. The molecule has 0 fully saturated rings. The molecule has 4 aromatic rings. The number of imidazole rings is 2. The first-order chi connectivity index (χ1) is 16.2. The number of halogens is 5. The summed E-state index contributed by atoms with van der Waals surface area (Å²) < 4.78 is 57.4. The van der Waals surface area contributed by atoms with E-state index in [9.17, 15) is 22.7 Å². The van der Waals surface area contributed by atoms with Crippen LogP contribution in [0.25, 0.3) is 5.69 Å². The van der Waals surface area contributed by atoms with Gasteiger partial charge in [-0.05, 0) is 37.3 Å². The second-order valence-electron chi connectivity index (χ2n) is 7.44. The number of aliphatic hydroxyl groups is 1. The molecule has 0 saturated carbocycles. The molecule has 0 saturated heterocycles. The van der Waals surface area contributed by atoms with Crippen LogP contribution < -0.4 is 4.90 Å². The van der Waals surface area contributed by atoms with Gasteiger partial charge in [-0.3, -0.25) is 0 Å². The molecule has 34 heavy (non-hydrogen) atoms. The van der Waals surface area contributed by atoms with Crippen LogP contribution in [0, 0.1) is 12.7 Å². The Morgan fingerprint density at radius 1 is 1.12 bits per heavy atom. The molecule has 1 aromatic carbocycles. The number of aromatic nitrogens is 5. The molecule has 0 amide bonds. The lowest BCUT2D eigenvalue weighted by atomic mass is 10.2. The van der Waals surface area contributed by atoms with Gasteiger partial charge in [0.15, 0.2) is 5.82 Å². The second kappa shape index (κ2) is 9.43. The summed E-state index contributed by atoms with van der Waals surface area (Å²) in [7, 11) is 0. The van der Waals surface area contributed by atoms with Crippen LogP contribution in [0.15, 0.2) is 55.2 Å². The van der Waals surface area contributed by atoms with E-state index >= 15 is 0 Å². The van der Waals surface area contributed by atoms with Crippen molar-refractivity contribution in [1.82, 2.24) is 24.1 Å². The zero-order chi connectivity index (χ0) is 24.5. The number of nitrogens with zero attached hydrogens (tertiary/aromatic N) is 6. The maximum Gasteiger partial charge on any atom is 0.416 e. The molecule has 4 rings (SSSR count). The van der Waals surface area contributed by atoms with Crippen LogP contribution in [-0.2, 0) is 19.3 Å². The first-order valence-corrected chi connectivity index (χ1v) is 10.5. The van der Waals surface area contributed by atoms with Crippen LogP contribution in [0.1, 0.15) is 17.1 Å². The summed E-state index contributed by atoms with van der Waals surface area (Å²) in [6.45, 7) is 1.60. The molecule has 0 bridgehead atoms. The number of aliphatic hydroxyl groups excluding tert-OH is 1. The SMILES string of the molecule is Cc1cc(C(F)(F)F)cc(N(Cc2nccn2-c2ccc(F)c(Cl)c2)c2cn(CCO)cn2)n1. The van der Waals surface area contributed by atoms with Gasteiger partial charge in [0.05, 0.1) is 30.1 Å². The number of rotatable bonds is 7. The number of benzene rings is 1. The quantitative estimate of drug-likeness (QED) is 0.369. The third kappa shape index (κ3) is 5.05. The van der Waals surface area contributed by atoms with Crippen molar-refractivity contribution in [3.63, 3.8) is 0 Å². The second-order valence-corrected chi connectivity index (χ2v) is 7.85. The molecule has 0 aliphatic carbocycles. The molecule has 1 N–H and O–H groups in total. The van der Waals surface area contributed by atoms with Gasteiger partial charge in [0.25, 0.3) is 0 Å². The summed E-state index contributed by atoms with van der Waals surface area (Å²) >= 11 is 5.92. The van der Waals surface area contributed by atoms with Crippen molar-refractivity contribution in [3.8, 4) is 5.69 Å². The van der Waals surface area contributed by atoms with E-state index < -0.39 is 17.6 Å². The summed E-state index contributed by atoms with van der Waals surface area (Å²) in [4.78, 5) is 14.4. The molecular formula is C22H19ClF4N6O. The van der Waals surface area contributed by atoms with Crippen LogP contribution >= 0.6 is 11.6 Å². The van der Waals surface area contributed by atoms with E-state index in [1.807, 2.05) is 0 Å². The van der Waals surface area contributed by atoms with Gasteiger partial charge in [0, 0.05) is 36.5 Å². The number of hydrogen-bond donors (Lipinski definition) is 1. The number of aryl methyl sites for hydroxylation is 1. The maximum atomic E-state index is 13.6. The van der Waals surface area contributed by atoms with E-state index in [-0.39, 0.29) is 36.2 Å². The first-order valence-electron chi connectivity index (χ1n) is 10.1. The molecular weight excluding hydrogens is 476 g/mol. The Hall–Kier alpha value is -3.44. The van der Waals surface area contributed by atoms with Gasteiger partial charge >= 0.3 is 6.18 Å². The lowest BCUT2D eigenvalue weighted by Crippen LogP contribution is -2.22. The van der Waals surface area contributed by atoms with E-state index in [1.54, 1.807) is 21.5 Å². The number of anilines is 2. The van der Waals surface area contributed by atoms with E-state index in [0.717, 1.165) is 12.1 Å². The zero-order valence-electron chi connectivity index (χ0n) is 17.8. The summed E-state index contributed by atoms with van der Waals surface area (Å²) in [6.07, 6.45) is 1.64. The molecule has 12 heteroatoms. The number of pyridine rings is 1. The van der Waals surface area contributed by atoms with Crippen LogP contribution in [0.2, 0.25) is 5.02 Å². The fourth-order valence-corrected chi connectivity index (χ4v) is 3.60. The van der Waals surface area contributed by atoms with E-state index in [0.29, 0.717) is 17.3 Å². The van der Waals surface area contributed by atoms with Crippen molar-refractivity contribution >= 4 is 23.2 Å². The molecule has 0 aliphatic rings. The minimum atomic E-state index is -4.56. The van der Waals surface area contributed by atoms with Crippen molar-refractivity contribution < 1.29 is 22.7 Å². The Balaban J connectivity index is 1.79. The van der Waals surface area contributed by atoms with Gasteiger partial charge < -0.3 is 19.1 Å². The third-order valence-corrected chi connectivity index (χ3v) is 5.29. The van der Waals surface area contributed by atoms with Crippen LogP contribution in [-0.4, -0.2) is 35.8 Å². The highest BCUT2D eigenvalue weighted by Crippen LogP contribution is 2.34. The zero-order valence-corrected chi connectivity index (χ0v) is 18.6. The normalized spacial score (nSPS) is 11.7. The predicted molar refractivity (Wildman–Crippen MR) is 118 cm³/mol. The van der Waals surface area contributed by atoms with Crippen LogP contribution in [0.4, 0.5) is 29.2 Å². The highest BCUT2D eigenvalue weighted by Gasteiger charge is 2.32. The minimum Gasteiger partial charge on any atom is -0.395 e. The minimum absolute atomic E-state index is 0.00805. The highest BCUT2D eigenvalue weighted by molar-refractivity contribution is 6.30. The van der Waals surface area contributed by atoms with Gasteiger partial charge in [-0.2, -0.15) is 13.2 Å². The monoisotopic (exact) mass is 494 g/mol. The van der Waals surface area contributed by atoms with Gasteiger partial charge in [0.1, 0.15) is 17.5 Å². The summed E-state index contributed by atoms with van der Waals surface area (Å²) in [5.41, 5.74) is -0.139.